The van der Waals surface area contributed by atoms with Crippen molar-refractivity contribution in [1.29, 1.82) is 0 Å². The fraction of sp³-hybridized carbons (Fsp3) is 0.333. The van der Waals surface area contributed by atoms with Crippen LogP contribution in [0.4, 0.5) is 0 Å². The summed E-state index contributed by atoms with van der Waals surface area (Å²) in [6, 6.07) is 9.04. The molecule has 0 saturated carbocycles. The molecule has 1 unspecified atom stereocenters. The number of hydrogen-bond donors (Lipinski definition) is 0. The molecule has 3 nitrogen and oxygen atoms in total. The third kappa shape index (κ3) is 3.41. The first-order chi connectivity index (χ1) is 9.65. The van der Waals surface area contributed by atoms with Crippen LogP contribution in [0.5, 0.6) is 11.5 Å². The van der Waals surface area contributed by atoms with Gasteiger partial charge < -0.3 is 13.9 Å². The maximum Gasteiger partial charge on any atom is 0.193 e. The minimum atomic E-state index is -0.419. The molecule has 108 valence electrons. The minimum absolute atomic E-state index is 0.321. The molecule has 1 aromatic carbocycles. The number of furan rings is 1. The van der Waals surface area contributed by atoms with Gasteiger partial charge in [-0.1, -0.05) is 6.07 Å². The molecule has 0 radical (unpaired) electrons. The summed E-state index contributed by atoms with van der Waals surface area (Å²) in [5.74, 6) is 1.98. The number of rotatable bonds is 6. The predicted molar refractivity (Wildman–Crippen MR) is 80.2 cm³/mol. The molecule has 0 N–H and O–H groups in total. The van der Waals surface area contributed by atoms with Gasteiger partial charge in [0.05, 0.1) is 13.2 Å². The molecule has 1 aromatic heterocycles. The van der Waals surface area contributed by atoms with Crippen LogP contribution in [-0.4, -0.2) is 13.2 Å². The van der Waals surface area contributed by atoms with E-state index in [0.29, 0.717) is 35.7 Å². The quantitative estimate of drug-likeness (QED) is 0.698. The molecule has 5 heteroatoms. The van der Waals surface area contributed by atoms with Crippen LogP contribution >= 0.6 is 23.2 Å². The Kier molecular flexibility index (Phi) is 5.21. The number of ether oxygens (including phenoxy) is 2. The number of hydrogen-bond acceptors (Lipinski definition) is 3. The molecule has 2 aromatic rings. The Morgan fingerprint density at radius 1 is 1.05 bits per heavy atom. The van der Waals surface area contributed by atoms with Crippen molar-refractivity contribution in [3.05, 3.63) is 46.9 Å². The summed E-state index contributed by atoms with van der Waals surface area (Å²) in [6.45, 7) is 4.99. The van der Waals surface area contributed by atoms with E-state index in [1.165, 1.54) is 0 Å². The van der Waals surface area contributed by atoms with Crippen LogP contribution in [0.2, 0.25) is 5.22 Å². The Morgan fingerprint density at radius 3 is 2.35 bits per heavy atom. The molecule has 2 rings (SSSR count). The van der Waals surface area contributed by atoms with E-state index in [9.17, 15) is 0 Å². The van der Waals surface area contributed by atoms with Crippen molar-refractivity contribution in [3.8, 4) is 11.5 Å². The highest BCUT2D eigenvalue weighted by Gasteiger charge is 2.17. The Labute approximate surface area is 128 Å². The summed E-state index contributed by atoms with van der Waals surface area (Å²) in [4.78, 5) is 0. The van der Waals surface area contributed by atoms with Gasteiger partial charge in [-0.05, 0) is 55.3 Å². The summed E-state index contributed by atoms with van der Waals surface area (Å²) in [7, 11) is 0. The van der Waals surface area contributed by atoms with Gasteiger partial charge in [0.25, 0.3) is 0 Å². The highest BCUT2D eigenvalue weighted by Crippen LogP contribution is 2.36. The molecular formula is C15H16Cl2O3. The molecule has 0 amide bonds. The Balaban J connectivity index is 2.29. The van der Waals surface area contributed by atoms with E-state index in [0.717, 1.165) is 5.56 Å². The molecule has 0 fully saturated rings. The zero-order valence-electron chi connectivity index (χ0n) is 11.4. The minimum Gasteiger partial charge on any atom is -0.490 e. The van der Waals surface area contributed by atoms with Crippen molar-refractivity contribution < 1.29 is 13.9 Å². The standard InChI is InChI=1S/C15H16Cl2O3/c1-3-18-11-6-5-10(9-13(11)19-4-2)15(17)12-7-8-14(16)20-12/h5-9,15H,3-4H2,1-2H3. The second kappa shape index (κ2) is 6.91. The largest absolute Gasteiger partial charge is 0.490 e. The number of alkyl halides is 1. The van der Waals surface area contributed by atoms with Crippen LogP contribution in [0.15, 0.2) is 34.7 Å². The van der Waals surface area contributed by atoms with Crippen molar-refractivity contribution in [2.24, 2.45) is 0 Å². The molecule has 0 spiro atoms. The first kappa shape index (κ1) is 15.1. The van der Waals surface area contributed by atoms with Gasteiger partial charge in [0.15, 0.2) is 16.7 Å². The van der Waals surface area contributed by atoms with Crippen molar-refractivity contribution in [1.82, 2.24) is 0 Å². The summed E-state index contributed by atoms with van der Waals surface area (Å²) in [6.07, 6.45) is 0. The molecule has 0 saturated heterocycles. The Morgan fingerprint density at radius 2 is 1.75 bits per heavy atom. The Hall–Kier alpha value is -1.32. The summed E-state index contributed by atoms with van der Waals surface area (Å²) in [5, 5.41) is -0.0981. The van der Waals surface area contributed by atoms with Gasteiger partial charge in [-0.15, -0.1) is 11.6 Å². The van der Waals surface area contributed by atoms with Gasteiger partial charge in [-0.2, -0.15) is 0 Å². The molecule has 0 aliphatic carbocycles. The second-order valence-corrected chi connectivity index (χ2v) is 4.89. The van der Waals surface area contributed by atoms with Gasteiger partial charge in [0.1, 0.15) is 11.1 Å². The van der Waals surface area contributed by atoms with E-state index in [4.69, 9.17) is 37.1 Å². The van der Waals surface area contributed by atoms with Gasteiger partial charge in [0.2, 0.25) is 0 Å². The van der Waals surface area contributed by atoms with Crippen LogP contribution in [0, 0.1) is 0 Å². The van der Waals surface area contributed by atoms with Crippen molar-refractivity contribution in [3.63, 3.8) is 0 Å². The monoisotopic (exact) mass is 314 g/mol. The van der Waals surface area contributed by atoms with Crippen LogP contribution in [0.3, 0.4) is 0 Å². The third-order valence-corrected chi connectivity index (χ3v) is 3.37. The molecule has 20 heavy (non-hydrogen) atoms. The number of benzene rings is 1. The molecular weight excluding hydrogens is 299 g/mol. The SMILES string of the molecule is CCOc1ccc(C(Cl)c2ccc(Cl)o2)cc1OCC. The lowest BCUT2D eigenvalue weighted by Gasteiger charge is -2.14. The van der Waals surface area contributed by atoms with E-state index < -0.39 is 5.38 Å². The lowest BCUT2D eigenvalue weighted by Crippen LogP contribution is -2.00. The zero-order chi connectivity index (χ0) is 14.5. The molecule has 0 bridgehead atoms. The highest BCUT2D eigenvalue weighted by atomic mass is 35.5. The highest BCUT2D eigenvalue weighted by molar-refractivity contribution is 6.29. The fourth-order valence-corrected chi connectivity index (χ4v) is 2.26. The maximum atomic E-state index is 6.40. The maximum absolute atomic E-state index is 6.40. The zero-order valence-corrected chi connectivity index (χ0v) is 12.9. The third-order valence-electron chi connectivity index (χ3n) is 2.70. The molecule has 1 heterocycles. The lowest BCUT2D eigenvalue weighted by atomic mass is 10.1. The molecule has 1 atom stereocenters. The summed E-state index contributed by atoms with van der Waals surface area (Å²) < 4.78 is 16.4. The first-order valence-corrected chi connectivity index (χ1v) is 7.26. The average Bonchev–Trinajstić information content (AvgIpc) is 2.87. The van der Waals surface area contributed by atoms with Crippen LogP contribution in [-0.2, 0) is 0 Å². The summed E-state index contributed by atoms with van der Waals surface area (Å²) >= 11 is 12.2. The van der Waals surface area contributed by atoms with Gasteiger partial charge >= 0.3 is 0 Å². The predicted octanol–water partition coefficient (Wildman–Crippen LogP) is 5.06. The first-order valence-electron chi connectivity index (χ1n) is 6.44. The topological polar surface area (TPSA) is 31.6 Å². The van der Waals surface area contributed by atoms with E-state index in [-0.39, 0.29) is 0 Å². The Bertz CT molecular complexity index is 566. The molecule has 0 aliphatic rings. The fourth-order valence-electron chi connectivity index (χ4n) is 1.85. The van der Waals surface area contributed by atoms with Crippen LogP contribution < -0.4 is 9.47 Å². The van der Waals surface area contributed by atoms with Crippen molar-refractivity contribution in [2.45, 2.75) is 19.2 Å². The van der Waals surface area contributed by atoms with E-state index in [1.807, 2.05) is 32.0 Å². The van der Waals surface area contributed by atoms with Gasteiger partial charge in [0, 0.05) is 0 Å². The second-order valence-electron chi connectivity index (χ2n) is 4.08. The normalized spacial score (nSPS) is 12.2. The van der Waals surface area contributed by atoms with Crippen LogP contribution in [0.1, 0.15) is 30.5 Å². The lowest BCUT2D eigenvalue weighted by molar-refractivity contribution is 0.287. The van der Waals surface area contributed by atoms with E-state index >= 15 is 0 Å². The smallest absolute Gasteiger partial charge is 0.193 e. The average molecular weight is 315 g/mol. The van der Waals surface area contributed by atoms with Gasteiger partial charge in [-0.25, -0.2) is 0 Å². The summed E-state index contributed by atoms with van der Waals surface area (Å²) in [5.41, 5.74) is 0.865. The van der Waals surface area contributed by atoms with Crippen LogP contribution in [0.25, 0.3) is 0 Å². The van der Waals surface area contributed by atoms with Gasteiger partial charge in [-0.3, -0.25) is 0 Å². The van der Waals surface area contributed by atoms with Crippen molar-refractivity contribution >= 4 is 23.2 Å². The van der Waals surface area contributed by atoms with E-state index in [2.05, 4.69) is 0 Å². The molecule has 0 aliphatic heterocycles. The van der Waals surface area contributed by atoms with E-state index in [1.54, 1.807) is 12.1 Å². The van der Waals surface area contributed by atoms with Crippen molar-refractivity contribution in [2.75, 3.05) is 13.2 Å². The number of halogens is 2.